The monoisotopic (exact) mass is 334 g/mol. The third-order valence-electron chi connectivity index (χ3n) is 3.24. The number of carbonyl (C=O) groups is 1. The average molecular weight is 334 g/mol. The molecule has 0 bridgehead atoms. The van der Waals surface area contributed by atoms with Crippen molar-refractivity contribution in [3.05, 3.63) is 65.2 Å². The van der Waals surface area contributed by atoms with E-state index in [-0.39, 0.29) is 11.7 Å². The van der Waals surface area contributed by atoms with Crippen LogP contribution in [0.3, 0.4) is 0 Å². The molecule has 2 aromatic rings. The Kier molecular flexibility index (Phi) is 5.09. The second-order valence-corrected chi connectivity index (χ2v) is 5.00. The van der Waals surface area contributed by atoms with Gasteiger partial charge in [0.25, 0.3) is 5.91 Å². The predicted octanol–water partition coefficient (Wildman–Crippen LogP) is 3.95. The number of ether oxygens (including phenoxy) is 1. The van der Waals surface area contributed by atoms with Crippen molar-refractivity contribution in [1.29, 1.82) is 5.26 Å². The molecule has 0 spiro atoms. The molecule has 7 heteroatoms. The van der Waals surface area contributed by atoms with Crippen molar-refractivity contribution in [2.45, 2.75) is 19.3 Å². The highest BCUT2D eigenvalue weighted by Crippen LogP contribution is 2.24. The largest absolute Gasteiger partial charge is 0.573 e. The molecule has 0 saturated heterocycles. The van der Waals surface area contributed by atoms with Gasteiger partial charge in [-0.05, 0) is 48.9 Å². The second-order valence-electron chi connectivity index (χ2n) is 5.00. The maximum atomic E-state index is 12.1. The molecule has 24 heavy (non-hydrogen) atoms. The third-order valence-corrected chi connectivity index (χ3v) is 3.24. The van der Waals surface area contributed by atoms with Crippen LogP contribution in [0.2, 0.25) is 0 Å². The number of benzene rings is 2. The van der Waals surface area contributed by atoms with Crippen molar-refractivity contribution in [3.8, 4) is 11.8 Å². The van der Waals surface area contributed by atoms with Crippen LogP contribution in [0, 0.1) is 11.3 Å². The van der Waals surface area contributed by atoms with Gasteiger partial charge in [-0.1, -0.05) is 12.1 Å². The fourth-order valence-corrected chi connectivity index (χ4v) is 2.02. The lowest BCUT2D eigenvalue weighted by atomic mass is 10.1. The number of carbonyl (C=O) groups excluding carboxylic acids is 1. The van der Waals surface area contributed by atoms with E-state index in [1.165, 1.54) is 48.5 Å². The molecule has 0 aliphatic heterocycles. The van der Waals surface area contributed by atoms with Gasteiger partial charge in [0.2, 0.25) is 0 Å². The van der Waals surface area contributed by atoms with Gasteiger partial charge in [-0.2, -0.15) is 5.26 Å². The van der Waals surface area contributed by atoms with E-state index >= 15 is 0 Å². The molecular weight excluding hydrogens is 321 g/mol. The lowest BCUT2D eigenvalue weighted by Crippen LogP contribution is -2.26. The van der Waals surface area contributed by atoms with Crippen LogP contribution in [0.15, 0.2) is 48.5 Å². The van der Waals surface area contributed by atoms with Crippen LogP contribution in [0.25, 0.3) is 0 Å². The van der Waals surface area contributed by atoms with Crippen molar-refractivity contribution in [3.63, 3.8) is 0 Å². The predicted molar refractivity (Wildman–Crippen MR) is 80.2 cm³/mol. The fourth-order valence-electron chi connectivity index (χ4n) is 2.02. The Hall–Kier alpha value is -3.01. The molecule has 0 aromatic heterocycles. The SMILES string of the molecule is C[C@H](NC(=O)c1ccc(C#N)cc1)c1ccc(OC(F)(F)F)cc1. The number of rotatable bonds is 4. The zero-order valence-electron chi connectivity index (χ0n) is 12.6. The molecule has 1 amide bonds. The van der Waals surface area contributed by atoms with Gasteiger partial charge in [0.05, 0.1) is 17.7 Å². The van der Waals surface area contributed by atoms with Gasteiger partial charge in [-0.25, -0.2) is 0 Å². The van der Waals surface area contributed by atoms with Crippen molar-refractivity contribution in [1.82, 2.24) is 5.32 Å². The summed E-state index contributed by atoms with van der Waals surface area (Å²) in [5.74, 6) is -0.667. The normalized spacial score (nSPS) is 12.1. The third kappa shape index (κ3) is 4.74. The molecule has 1 N–H and O–H groups in total. The first kappa shape index (κ1) is 17.3. The van der Waals surface area contributed by atoms with E-state index in [4.69, 9.17) is 5.26 Å². The van der Waals surface area contributed by atoms with Crippen LogP contribution in [0.4, 0.5) is 13.2 Å². The molecule has 0 aliphatic rings. The van der Waals surface area contributed by atoms with Gasteiger partial charge in [-0.3, -0.25) is 4.79 Å². The summed E-state index contributed by atoms with van der Waals surface area (Å²) in [4.78, 5) is 12.1. The van der Waals surface area contributed by atoms with E-state index in [2.05, 4.69) is 10.1 Å². The summed E-state index contributed by atoms with van der Waals surface area (Å²) in [5.41, 5.74) is 1.46. The number of alkyl halides is 3. The summed E-state index contributed by atoms with van der Waals surface area (Å²) in [6.07, 6.45) is -4.74. The maximum absolute atomic E-state index is 12.1. The zero-order chi connectivity index (χ0) is 17.7. The number of nitriles is 1. The first-order chi connectivity index (χ1) is 11.3. The summed E-state index contributed by atoms with van der Waals surface area (Å²) < 4.78 is 40.1. The van der Waals surface area contributed by atoms with Crippen molar-refractivity contribution in [2.24, 2.45) is 0 Å². The molecule has 1 atom stereocenters. The number of hydrogen-bond acceptors (Lipinski definition) is 3. The van der Waals surface area contributed by atoms with Crippen LogP contribution in [0.5, 0.6) is 5.75 Å². The number of halogens is 3. The number of amides is 1. The number of hydrogen-bond donors (Lipinski definition) is 1. The summed E-state index contributed by atoms with van der Waals surface area (Å²) >= 11 is 0. The summed E-state index contributed by atoms with van der Waals surface area (Å²) in [7, 11) is 0. The van der Waals surface area contributed by atoms with E-state index in [1.54, 1.807) is 6.92 Å². The van der Waals surface area contributed by atoms with E-state index in [0.29, 0.717) is 16.7 Å². The van der Waals surface area contributed by atoms with Gasteiger partial charge >= 0.3 is 6.36 Å². The van der Waals surface area contributed by atoms with Crippen molar-refractivity contribution in [2.75, 3.05) is 0 Å². The zero-order valence-corrected chi connectivity index (χ0v) is 12.6. The van der Waals surface area contributed by atoms with Crippen LogP contribution < -0.4 is 10.1 Å². The van der Waals surface area contributed by atoms with Gasteiger partial charge in [0.15, 0.2) is 0 Å². The minimum absolute atomic E-state index is 0.322. The molecule has 0 aliphatic carbocycles. The van der Waals surface area contributed by atoms with Crippen LogP contribution >= 0.6 is 0 Å². The molecule has 0 fully saturated rings. The smallest absolute Gasteiger partial charge is 0.406 e. The van der Waals surface area contributed by atoms with E-state index in [1.807, 2.05) is 6.07 Å². The van der Waals surface area contributed by atoms with E-state index < -0.39 is 12.4 Å². The Morgan fingerprint density at radius 3 is 2.21 bits per heavy atom. The molecule has 4 nitrogen and oxygen atoms in total. The molecular formula is C17H13F3N2O2. The Labute approximate surface area is 136 Å². The first-order valence-corrected chi connectivity index (χ1v) is 6.95. The van der Waals surface area contributed by atoms with Crippen LogP contribution in [-0.4, -0.2) is 12.3 Å². The first-order valence-electron chi connectivity index (χ1n) is 6.95. The van der Waals surface area contributed by atoms with E-state index in [0.717, 1.165) is 0 Å². The molecule has 124 valence electrons. The average Bonchev–Trinajstić information content (AvgIpc) is 2.54. The van der Waals surface area contributed by atoms with E-state index in [9.17, 15) is 18.0 Å². The Morgan fingerprint density at radius 1 is 1.12 bits per heavy atom. The Bertz CT molecular complexity index is 747. The Morgan fingerprint density at radius 2 is 1.71 bits per heavy atom. The molecule has 2 rings (SSSR count). The summed E-state index contributed by atoms with van der Waals surface area (Å²) in [6.45, 7) is 1.71. The van der Waals surface area contributed by atoms with Gasteiger partial charge in [0, 0.05) is 5.56 Å². The van der Waals surface area contributed by atoms with Gasteiger partial charge in [0.1, 0.15) is 5.75 Å². The second kappa shape index (κ2) is 7.04. The van der Waals surface area contributed by atoms with Crippen LogP contribution in [0.1, 0.15) is 34.5 Å². The maximum Gasteiger partial charge on any atom is 0.573 e. The van der Waals surface area contributed by atoms with Crippen LogP contribution in [-0.2, 0) is 0 Å². The fraction of sp³-hybridized carbons (Fsp3) is 0.176. The molecule has 2 aromatic carbocycles. The lowest BCUT2D eigenvalue weighted by molar-refractivity contribution is -0.274. The Balaban J connectivity index is 2.02. The minimum atomic E-state index is -4.74. The lowest BCUT2D eigenvalue weighted by Gasteiger charge is -2.15. The number of nitrogens with one attached hydrogen (secondary N) is 1. The van der Waals surface area contributed by atoms with Gasteiger partial charge < -0.3 is 10.1 Å². The molecule has 0 unspecified atom stereocenters. The summed E-state index contributed by atoms with van der Waals surface area (Å²) in [5, 5.41) is 11.5. The highest BCUT2D eigenvalue weighted by atomic mass is 19.4. The van der Waals surface area contributed by atoms with Crippen molar-refractivity contribution >= 4 is 5.91 Å². The molecule has 0 heterocycles. The quantitative estimate of drug-likeness (QED) is 0.921. The molecule has 0 saturated carbocycles. The van der Waals surface area contributed by atoms with Crippen molar-refractivity contribution < 1.29 is 22.7 Å². The van der Waals surface area contributed by atoms with Gasteiger partial charge in [-0.15, -0.1) is 13.2 Å². The minimum Gasteiger partial charge on any atom is -0.406 e. The highest BCUT2D eigenvalue weighted by molar-refractivity contribution is 5.94. The highest BCUT2D eigenvalue weighted by Gasteiger charge is 2.31. The molecule has 0 radical (unpaired) electrons. The number of nitrogens with zero attached hydrogens (tertiary/aromatic N) is 1. The standard InChI is InChI=1S/C17H13F3N2O2/c1-11(13-6-8-15(9-7-13)24-17(18,19)20)22-16(23)14-4-2-12(10-21)3-5-14/h2-9,11H,1H3,(H,22,23)/t11-/m0/s1. The summed E-state index contributed by atoms with van der Waals surface area (Å²) in [6, 6.07) is 12.9. The topological polar surface area (TPSA) is 62.1 Å².